The van der Waals surface area contributed by atoms with Crippen molar-refractivity contribution in [3.05, 3.63) is 28.8 Å². The highest BCUT2D eigenvalue weighted by atomic mass is 32.2. The van der Waals surface area contributed by atoms with Crippen molar-refractivity contribution in [1.29, 1.82) is 0 Å². The third-order valence-electron chi connectivity index (χ3n) is 3.16. The predicted molar refractivity (Wildman–Crippen MR) is 72.3 cm³/mol. The molecule has 1 unspecified atom stereocenters. The fourth-order valence-electron chi connectivity index (χ4n) is 2.52. The van der Waals surface area contributed by atoms with E-state index in [1.807, 2.05) is 11.8 Å². The van der Waals surface area contributed by atoms with E-state index in [1.165, 1.54) is 40.2 Å². The van der Waals surface area contributed by atoms with Crippen LogP contribution in [-0.2, 0) is 0 Å². The number of nitrogens with one attached hydrogen (secondary N) is 1. The summed E-state index contributed by atoms with van der Waals surface area (Å²) >= 11 is 2.03. The van der Waals surface area contributed by atoms with Crippen LogP contribution in [0.4, 0.5) is 0 Å². The van der Waals surface area contributed by atoms with E-state index >= 15 is 0 Å². The fourth-order valence-corrected chi connectivity index (χ4v) is 3.69. The van der Waals surface area contributed by atoms with Crippen LogP contribution in [0.3, 0.4) is 0 Å². The van der Waals surface area contributed by atoms with Crippen molar-refractivity contribution in [2.45, 2.75) is 44.6 Å². The summed E-state index contributed by atoms with van der Waals surface area (Å²) < 4.78 is 0. The van der Waals surface area contributed by atoms with Gasteiger partial charge in [-0.1, -0.05) is 24.6 Å². The molecular weight excluding hydrogens is 214 g/mol. The van der Waals surface area contributed by atoms with Crippen molar-refractivity contribution < 1.29 is 0 Å². The molecule has 0 amide bonds. The number of fused-ring (bicyclic) bond motifs is 1. The van der Waals surface area contributed by atoms with Gasteiger partial charge >= 0.3 is 0 Å². The Bertz CT molecular complexity index is 373. The average molecular weight is 235 g/mol. The molecule has 1 aliphatic heterocycles. The molecule has 1 N–H and O–H groups in total. The maximum Gasteiger partial charge on any atom is 0.0331 e. The third-order valence-corrected chi connectivity index (χ3v) is 4.50. The van der Waals surface area contributed by atoms with Gasteiger partial charge in [-0.3, -0.25) is 0 Å². The number of benzene rings is 1. The second-order valence-electron chi connectivity index (χ2n) is 4.60. The molecule has 1 aliphatic rings. The number of thioether (sulfide) groups is 1. The number of aryl methyl sites for hydroxylation is 2. The van der Waals surface area contributed by atoms with Crippen LogP contribution in [0.25, 0.3) is 0 Å². The Morgan fingerprint density at radius 1 is 1.38 bits per heavy atom. The number of rotatable bonds is 2. The molecular formula is C14H21NS. The zero-order valence-electron chi connectivity index (χ0n) is 10.5. The van der Waals surface area contributed by atoms with Crippen molar-refractivity contribution in [3.8, 4) is 0 Å². The van der Waals surface area contributed by atoms with E-state index in [4.69, 9.17) is 0 Å². The van der Waals surface area contributed by atoms with Crippen molar-refractivity contribution in [1.82, 2.24) is 5.32 Å². The van der Waals surface area contributed by atoms with Gasteiger partial charge in [0.2, 0.25) is 0 Å². The lowest BCUT2D eigenvalue weighted by Gasteiger charge is -2.20. The molecule has 1 heterocycles. The molecule has 16 heavy (non-hydrogen) atoms. The van der Waals surface area contributed by atoms with Gasteiger partial charge < -0.3 is 5.32 Å². The standard InChI is InChI=1S/C14H21NS/c1-4-15-13-6-5-7-16-14-11(3)8-10(2)9-12(13)14/h8-9,13,15H,4-7H2,1-3H3. The normalized spacial score (nSPS) is 20.3. The first-order valence-electron chi connectivity index (χ1n) is 6.19. The van der Waals surface area contributed by atoms with E-state index in [0.717, 1.165) is 6.54 Å². The van der Waals surface area contributed by atoms with Gasteiger partial charge in [-0.15, -0.1) is 11.8 Å². The molecule has 1 aromatic rings. The summed E-state index contributed by atoms with van der Waals surface area (Å²) in [7, 11) is 0. The first-order chi connectivity index (χ1) is 7.72. The lowest BCUT2D eigenvalue weighted by Crippen LogP contribution is -2.21. The largest absolute Gasteiger partial charge is 0.310 e. The maximum atomic E-state index is 3.62. The molecule has 0 aliphatic carbocycles. The number of hydrogen-bond acceptors (Lipinski definition) is 2. The van der Waals surface area contributed by atoms with Crippen molar-refractivity contribution in [2.75, 3.05) is 12.3 Å². The van der Waals surface area contributed by atoms with Crippen LogP contribution in [0.5, 0.6) is 0 Å². The highest BCUT2D eigenvalue weighted by Crippen LogP contribution is 2.37. The van der Waals surface area contributed by atoms with Gasteiger partial charge in [0.15, 0.2) is 0 Å². The molecule has 0 spiro atoms. The molecule has 0 bridgehead atoms. The average Bonchev–Trinajstić information content (AvgIpc) is 2.42. The summed E-state index contributed by atoms with van der Waals surface area (Å²) in [6, 6.07) is 5.24. The highest BCUT2D eigenvalue weighted by molar-refractivity contribution is 7.99. The van der Waals surface area contributed by atoms with E-state index in [1.54, 1.807) is 0 Å². The smallest absolute Gasteiger partial charge is 0.0331 e. The van der Waals surface area contributed by atoms with Gasteiger partial charge in [-0.25, -0.2) is 0 Å². The monoisotopic (exact) mass is 235 g/mol. The van der Waals surface area contributed by atoms with E-state index in [-0.39, 0.29) is 0 Å². The van der Waals surface area contributed by atoms with Crippen LogP contribution in [0, 0.1) is 13.8 Å². The summed E-state index contributed by atoms with van der Waals surface area (Å²) in [6.07, 6.45) is 2.59. The van der Waals surface area contributed by atoms with Crippen LogP contribution in [0.15, 0.2) is 17.0 Å². The predicted octanol–water partition coefficient (Wildman–Crippen LogP) is 3.84. The molecule has 0 fully saturated rings. The first-order valence-corrected chi connectivity index (χ1v) is 7.18. The van der Waals surface area contributed by atoms with Crippen LogP contribution in [0.1, 0.15) is 42.5 Å². The van der Waals surface area contributed by atoms with E-state index in [2.05, 4.69) is 38.2 Å². The van der Waals surface area contributed by atoms with Crippen LogP contribution in [-0.4, -0.2) is 12.3 Å². The Kier molecular flexibility index (Phi) is 3.93. The highest BCUT2D eigenvalue weighted by Gasteiger charge is 2.19. The molecule has 2 heteroatoms. The lowest BCUT2D eigenvalue weighted by molar-refractivity contribution is 0.508. The van der Waals surface area contributed by atoms with Gasteiger partial charge in [0.25, 0.3) is 0 Å². The number of hydrogen-bond donors (Lipinski definition) is 1. The Labute approximate surface area is 103 Å². The Morgan fingerprint density at radius 3 is 2.94 bits per heavy atom. The molecule has 1 nitrogen and oxygen atoms in total. The molecule has 1 atom stereocenters. The third kappa shape index (κ3) is 2.44. The zero-order valence-corrected chi connectivity index (χ0v) is 11.3. The Hall–Kier alpha value is -0.470. The maximum absolute atomic E-state index is 3.62. The molecule has 88 valence electrons. The topological polar surface area (TPSA) is 12.0 Å². The van der Waals surface area contributed by atoms with E-state index in [0.29, 0.717) is 6.04 Å². The molecule has 1 aromatic carbocycles. The van der Waals surface area contributed by atoms with Crippen molar-refractivity contribution in [3.63, 3.8) is 0 Å². The Morgan fingerprint density at radius 2 is 2.19 bits per heavy atom. The van der Waals surface area contributed by atoms with Gasteiger partial charge in [-0.2, -0.15) is 0 Å². The van der Waals surface area contributed by atoms with Gasteiger partial charge in [0, 0.05) is 10.9 Å². The fraction of sp³-hybridized carbons (Fsp3) is 0.571. The summed E-state index contributed by atoms with van der Waals surface area (Å²) in [5, 5.41) is 3.62. The molecule has 0 aromatic heterocycles. The summed E-state index contributed by atoms with van der Waals surface area (Å²) in [6.45, 7) is 7.70. The van der Waals surface area contributed by atoms with Gasteiger partial charge in [0.05, 0.1) is 0 Å². The molecule has 0 saturated carbocycles. The van der Waals surface area contributed by atoms with E-state index in [9.17, 15) is 0 Å². The zero-order chi connectivity index (χ0) is 11.5. The molecule has 0 radical (unpaired) electrons. The van der Waals surface area contributed by atoms with E-state index < -0.39 is 0 Å². The molecule has 0 saturated heterocycles. The minimum atomic E-state index is 0.564. The van der Waals surface area contributed by atoms with Crippen LogP contribution < -0.4 is 5.32 Å². The van der Waals surface area contributed by atoms with Crippen LogP contribution in [0.2, 0.25) is 0 Å². The van der Waals surface area contributed by atoms with Crippen LogP contribution >= 0.6 is 11.8 Å². The second kappa shape index (κ2) is 5.24. The summed E-state index contributed by atoms with van der Waals surface area (Å²) in [5.74, 6) is 1.26. The first kappa shape index (κ1) is 12.0. The van der Waals surface area contributed by atoms with Crippen molar-refractivity contribution in [2.24, 2.45) is 0 Å². The molecule has 2 rings (SSSR count). The second-order valence-corrected chi connectivity index (χ2v) is 5.71. The minimum absolute atomic E-state index is 0.564. The van der Waals surface area contributed by atoms with Gasteiger partial charge in [-0.05, 0) is 50.1 Å². The quantitative estimate of drug-likeness (QED) is 0.836. The van der Waals surface area contributed by atoms with Gasteiger partial charge in [0.1, 0.15) is 0 Å². The summed E-state index contributed by atoms with van der Waals surface area (Å²) in [5.41, 5.74) is 4.37. The summed E-state index contributed by atoms with van der Waals surface area (Å²) in [4.78, 5) is 1.52. The Balaban J connectivity index is 2.43. The van der Waals surface area contributed by atoms with Crippen molar-refractivity contribution >= 4 is 11.8 Å². The minimum Gasteiger partial charge on any atom is -0.310 e. The SMILES string of the molecule is CCNC1CCCSc2c(C)cc(C)cc21. The lowest BCUT2D eigenvalue weighted by atomic mass is 9.98.